The molecule has 0 fully saturated rings. The van der Waals surface area contributed by atoms with Crippen molar-refractivity contribution in [1.29, 1.82) is 0 Å². The number of rotatable bonds is 3. The number of nitrogen functional groups attached to an aromatic ring is 1. The van der Waals surface area contributed by atoms with Crippen LogP contribution in [0, 0.1) is 6.92 Å². The molecule has 1 aromatic carbocycles. The zero-order chi connectivity index (χ0) is 13.2. The Hall–Kier alpha value is -2.14. The third kappa shape index (κ3) is 2.51. The van der Waals surface area contributed by atoms with Crippen molar-refractivity contribution in [3.05, 3.63) is 52.7 Å². The second-order valence-corrected chi connectivity index (χ2v) is 5.32. The average molecular weight is 271 g/mol. The number of aromatic nitrogens is 2. The Balaban J connectivity index is 1.82. The Morgan fingerprint density at radius 2 is 2.00 bits per heavy atom. The molecule has 0 spiro atoms. The molecular formula is C14H13N3OS. The van der Waals surface area contributed by atoms with Crippen molar-refractivity contribution < 1.29 is 4.52 Å². The van der Waals surface area contributed by atoms with Crippen LogP contribution in [0.15, 0.2) is 40.2 Å². The predicted octanol–water partition coefficient (Wildman–Crippen LogP) is 3.28. The molecule has 2 heterocycles. The van der Waals surface area contributed by atoms with Gasteiger partial charge < -0.3 is 10.3 Å². The average Bonchev–Trinajstić information content (AvgIpc) is 3.01. The molecule has 3 aromatic rings. The van der Waals surface area contributed by atoms with Crippen molar-refractivity contribution in [1.82, 2.24) is 10.1 Å². The highest BCUT2D eigenvalue weighted by Gasteiger charge is 2.12. The summed E-state index contributed by atoms with van der Waals surface area (Å²) in [5.74, 6) is 1.16. The maximum absolute atomic E-state index is 5.84. The monoisotopic (exact) mass is 271 g/mol. The number of aryl methyl sites for hydroxylation is 1. The molecule has 2 aromatic heterocycles. The van der Waals surface area contributed by atoms with E-state index in [1.807, 2.05) is 11.4 Å². The molecule has 2 N–H and O–H groups in total. The fraction of sp³-hybridized carbons (Fsp3) is 0.143. The van der Waals surface area contributed by atoms with Gasteiger partial charge in [-0.15, -0.1) is 11.3 Å². The lowest BCUT2D eigenvalue weighted by molar-refractivity contribution is 0.424. The van der Waals surface area contributed by atoms with Crippen LogP contribution < -0.4 is 5.73 Å². The zero-order valence-corrected chi connectivity index (χ0v) is 11.3. The molecular weight excluding hydrogens is 258 g/mol. The first-order valence-electron chi connectivity index (χ1n) is 5.94. The standard InChI is InChI=1S/C14H13N3OS/c1-9-2-4-10(5-3-9)8-12-16-14(18-17-12)11-6-7-19-13(11)15/h2-7H,8,15H2,1H3. The number of benzene rings is 1. The van der Waals surface area contributed by atoms with Gasteiger partial charge in [0.1, 0.15) is 0 Å². The predicted molar refractivity (Wildman–Crippen MR) is 76.0 cm³/mol. The Morgan fingerprint density at radius 3 is 2.68 bits per heavy atom. The van der Waals surface area contributed by atoms with Crippen molar-refractivity contribution in [3.8, 4) is 11.5 Å². The summed E-state index contributed by atoms with van der Waals surface area (Å²) >= 11 is 1.46. The van der Waals surface area contributed by atoms with Crippen molar-refractivity contribution in [3.63, 3.8) is 0 Å². The number of nitrogens with zero attached hydrogens (tertiary/aromatic N) is 2. The minimum absolute atomic E-state index is 0.487. The van der Waals surface area contributed by atoms with E-state index in [-0.39, 0.29) is 0 Å². The fourth-order valence-electron chi connectivity index (χ4n) is 1.82. The highest BCUT2D eigenvalue weighted by Crippen LogP contribution is 2.29. The van der Waals surface area contributed by atoms with Crippen LogP contribution in [-0.2, 0) is 6.42 Å². The number of hydrogen-bond acceptors (Lipinski definition) is 5. The van der Waals surface area contributed by atoms with Crippen LogP contribution in [0.25, 0.3) is 11.5 Å². The molecule has 96 valence electrons. The number of nitrogens with two attached hydrogens (primary N) is 1. The summed E-state index contributed by atoms with van der Waals surface area (Å²) in [5, 5.41) is 6.60. The normalized spacial score (nSPS) is 10.8. The van der Waals surface area contributed by atoms with Crippen LogP contribution in [0.4, 0.5) is 5.00 Å². The lowest BCUT2D eigenvalue weighted by atomic mass is 10.1. The molecule has 0 bridgehead atoms. The quantitative estimate of drug-likeness (QED) is 0.794. The van der Waals surface area contributed by atoms with Gasteiger partial charge in [0.05, 0.1) is 10.6 Å². The van der Waals surface area contributed by atoms with Crippen molar-refractivity contribution in [2.24, 2.45) is 0 Å². The highest BCUT2D eigenvalue weighted by molar-refractivity contribution is 7.14. The maximum Gasteiger partial charge on any atom is 0.260 e. The molecule has 0 unspecified atom stereocenters. The van der Waals surface area contributed by atoms with Crippen LogP contribution in [-0.4, -0.2) is 10.1 Å². The van der Waals surface area contributed by atoms with E-state index in [4.69, 9.17) is 10.3 Å². The second-order valence-electron chi connectivity index (χ2n) is 4.38. The molecule has 0 aliphatic heterocycles. The summed E-state index contributed by atoms with van der Waals surface area (Å²) in [6.07, 6.45) is 0.661. The summed E-state index contributed by atoms with van der Waals surface area (Å²) in [6.45, 7) is 2.07. The first kappa shape index (κ1) is 11.9. The van der Waals surface area contributed by atoms with Gasteiger partial charge in [-0.05, 0) is 23.9 Å². The van der Waals surface area contributed by atoms with E-state index in [0.29, 0.717) is 23.1 Å². The molecule has 0 atom stereocenters. The highest BCUT2D eigenvalue weighted by atomic mass is 32.1. The van der Waals surface area contributed by atoms with Crippen molar-refractivity contribution >= 4 is 16.3 Å². The van der Waals surface area contributed by atoms with E-state index < -0.39 is 0 Å². The summed E-state index contributed by atoms with van der Waals surface area (Å²) < 4.78 is 5.25. The van der Waals surface area contributed by atoms with Crippen LogP contribution in [0.3, 0.4) is 0 Å². The first-order chi connectivity index (χ1) is 9.22. The number of hydrogen-bond donors (Lipinski definition) is 1. The van der Waals surface area contributed by atoms with Crippen molar-refractivity contribution in [2.45, 2.75) is 13.3 Å². The molecule has 0 saturated heterocycles. The summed E-state index contributed by atoms with van der Waals surface area (Å²) in [7, 11) is 0. The number of thiophene rings is 1. The van der Waals surface area contributed by atoms with Crippen LogP contribution >= 0.6 is 11.3 Å². The Morgan fingerprint density at radius 1 is 1.21 bits per heavy atom. The van der Waals surface area contributed by atoms with Gasteiger partial charge in [-0.3, -0.25) is 0 Å². The molecule has 0 aliphatic carbocycles. The lowest BCUT2D eigenvalue weighted by Crippen LogP contribution is -1.91. The zero-order valence-electron chi connectivity index (χ0n) is 10.5. The Bertz CT molecular complexity index is 685. The molecule has 3 rings (SSSR count). The van der Waals surface area contributed by atoms with Crippen molar-refractivity contribution in [2.75, 3.05) is 5.73 Å². The first-order valence-corrected chi connectivity index (χ1v) is 6.82. The molecule has 0 radical (unpaired) electrons. The largest absolute Gasteiger partial charge is 0.390 e. The summed E-state index contributed by atoms with van der Waals surface area (Å²) in [6, 6.07) is 10.2. The number of anilines is 1. The van der Waals surface area contributed by atoms with E-state index in [9.17, 15) is 0 Å². The molecule has 0 aliphatic rings. The van der Waals surface area contributed by atoms with Crippen LogP contribution in [0.2, 0.25) is 0 Å². The maximum atomic E-state index is 5.84. The molecule has 0 amide bonds. The summed E-state index contributed by atoms with van der Waals surface area (Å²) in [4.78, 5) is 4.38. The van der Waals surface area contributed by atoms with Gasteiger partial charge in [0.15, 0.2) is 5.82 Å². The second kappa shape index (κ2) is 4.85. The van der Waals surface area contributed by atoms with Gasteiger partial charge in [-0.1, -0.05) is 35.0 Å². The van der Waals surface area contributed by atoms with E-state index in [1.54, 1.807) is 0 Å². The Kier molecular flexibility index (Phi) is 3.05. The lowest BCUT2D eigenvalue weighted by Gasteiger charge is -1.97. The van der Waals surface area contributed by atoms with E-state index in [0.717, 1.165) is 11.1 Å². The molecule has 0 saturated carbocycles. The smallest absolute Gasteiger partial charge is 0.260 e. The van der Waals surface area contributed by atoms with Crippen LogP contribution in [0.1, 0.15) is 17.0 Å². The minimum atomic E-state index is 0.487. The van der Waals surface area contributed by atoms with Gasteiger partial charge in [0, 0.05) is 6.42 Å². The van der Waals surface area contributed by atoms with Gasteiger partial charge in [0.2, 0.25) is 0 Å². The van der Waals surface area contributed by atoms with Gasteiger partial charge >= 0.3 is 0 Å². The SMILES string of the molecule is Cc1ccc(Cc2noc(-c3ccsc3N)n2)cc1. The van der Waals surface area contributed by atoms with Gasteiger partial charge in [0.25, 0.3) is 5.89 Å². The molecule has 19 heavy (non-hydrogen) atoms. The molecule has 5 heteroatoms. The van der Waals surface area contributed by atoms with E-state index in [1.165, 1.54) is 16.9 Å². The van der Waals surface area contributed by atoms with E-state index >= 15 is 0 Å². The van der Waals surface area contributed by atoms with Crippen LogP contribution in [0.5, 0.6) is 0 Å². The molecule has 4 nitrogen and oxygen atoms in total. The fourth-order valence-corrected chi connectivity index (χ4v) is 2.45. The minimum Gasteiger partial charge on any atom is -0.390 e. The van der Waals surface area contributed by atoms with Gasteiger partial charge in [-0.25, -0.2) is 0 Å². The topological polar surface area (TPSA) is 64.9 Å². The Labute approximate surface area is 114 Å². The van der Waals surface area contributed by atoms with E-state index in [2.05, 4.69) is 41.3 Å². The third-order valence-electron chi connectivity index (χ3n) is 2.88. The van der Waals surface area contributed by atoms with Gasteiger partial charge in [-0.2, -0.15) is 4.98 Å². The summed E-state index contributed by atoms with van der Waals surface area (Å²) in [5.41, 5.74) is 9.06. The third-order valence-corrected chi connectivity index (χ3v) is 3.62.